The molecule has 2 atom stereocenters. The average Bonchev–Trinajstić information content (AvgIpc) is 3.11. The molecule has 2 aromatic rings. The summed E-state index contributed by atoms with van der Waals surface area (Å²) in [6, 6.07) is 7.34. The van der Waals surface area contributed by atoms with Gasteiger partial charge < -0.3 is 19.5 Å². The Labute approximate surface area is 181 Å². The van der Waals surface area contributed by atoms with Gasteiger partial charge in [0.15, 0.2) is 0 Å². The molecule has 2 unspecified atom stereocenters. The number of methoxy groups -OCH3 is 1. The van der Waals surface area contributed by atoms with Crippen molar-refractivity contribution in [3.63, 3.8) is 0 Å². The Morgan fingerprint density at radius 3 is 2.56 bits per heavy atom. The quantitative estimate of drug-likeness (QED) is 0.527. The van der Waals surface area contributed by atoms with Gasteiger partial charge in [-0.25, -0.2) is 9.18 Å². The van der Waals surface area contributed by atoms with Gasteiger partial charge in [-0.3, -0.25) is 4.79 Å². The number of cyclic esters (lactones) is 1. The fourth-order valence-corrected chi connectivity index (χ4v) is 3.69. The normalized spacial score (nSPS) is 16.1. The van der Waals surface area contributed by atoms with Crippen LogP contribution in [0, 0.1) is 5.82 Å². The van der Waals surface area contributed by atoms with Crippen LogP contribution in [0.3, 0.4) is 0 Å². The van der Waals surface area contributed by atoms with Crippen LogP contribution in [-0.4, -0.2) is 42.9 Å². The van der Waals surface area contributed by atoms with Crippen LogP contribution in [0.4, 0.5) is 23.2 Å². The van der Waals surface area contributed by atoms with Gasteiger partial charge in [0.25, 0.3) is 5.91 Å². The Kier molecular flexibility index (Phi) is 6.19. The second-order valence-electron chi connectivity index (χ2n) is 7.63. The molecule has 0 saturated heterocycles. The van der Waals surface area contributed by atoms with Gasteiger partial charge in [-0.1, -0.05) is 6.92 Å². The molecule has 0 fully saturated rings. The van der Waals surface area contributed by atoms with Gasteiger partial charge in [0.05, 0.1) is 12.7 Å². The number of carbonyl (C=O) groups excluding carboxylic acids is 2. The van der Waals surface area contributed by atoms with Crippen LogP contribution in [-0.2, 0) is 16.1 Å². The number of rotatable bonds is 6. The number of hydrogen-bond acceptors (Lipinski definition) is 5. The summed E-state index contributed by atoms with van der Waals surface area (Å²) < 4.78 is 65.6. The summed E-state index contributed by atoms with van der Waals surface area (Å²) in [6.07, 6.45) is -6.38. The Morgan fingerprint density at radius 2 is 1.94 bits per heavy atom. The highest BCUT2D eigenvalue weighted by Crippen LogP contribution is 2.42. The Balaban J connectivity index is 1.94. The molecule has 0 aliphatic carbocycles. The van der Waals surface area contributed by atoms with Crippen LogP contribution in [0.2, 0.25) is 0 Å². The summed E-state index contributed by atoms with van der Waals surface area (Å²) in [5, 5.41) is 10.6. The third-order valence-corrected chi connectivity index (χ3v) is 5.51. The van der Waals surface area contributed by atoms with E-state index >= 15 is 0 Å². The minimum Gasteiger partial charge on any atom is -0.496 e. The van der Waals surface area contributed by atoms with E-state index in [2.05, 4.69) is 0 Å². The number of ether oxygens (including phenoxy) is 2. The minimum atomic E-state index is -5.32. The summed E-state index contributed by atoms with van der Waals surface area (Å²) in [7, 11) is 2.37. The molecule has 2 aromatic carbocycles. The van der Waals surface area contributed by atoms with E-state index in [1.807, 2.05) is 0 Å². The first-order valence-electron chi connectivity index (χ1n) is 9.59. The zero-order chi connectivity index (χ0) is 23.8. The third-order valence-electron chi connectivity index (χ3n) is 5.51. The van der Waals surface area contributed by atoms with Crippen molar-refractivity contribution in [2.75, 3.05) is 19.1 Å². The van der Waals surface area contributed by atoms with Gasteiger partial charge >= 0.3 is 12.1 Å². The molecule has 1 aliphatic heterocycles. The molecule has 0 spiro atoms. The number of anilines is 1. The Bertz CT molecular complexity index is 1060. The van der Waals surface area contributed by atoms with E-state index in [1.54, 1.807) is 0 Å². The second-order valence-corrected chi connectivity index (χ2v) is 7.63. The van der Waals surface area contributed by atoms with E-state index in [9.17, 15) is 32.3 Å². The molecule has 1 heterocycles. The lowest BCUT2D eigenvalue weighted by Crippen LogP contribution is -2.58. The standard InChI is InChI=1S/C22H21F4NO5/c1-12(17-9-14(23)4-7-18(17)31-3)10-21(30,22(24,25)26)20(29)27(2)15-5-6-16-13(8-15)11-32-19(16)28/h4-9,12,30H,10-11H2,1-3H3. The van der Waals surface area contributed by atoms with Gasteiger partial charge in [0, 0.05) is 24.7 Å². The van der Waals surface area contributed by atoms with Crippen LogP contribution < -0.4 is 9.64 Å². The van der Waals surface area contributed by atoms with E-state index in [-0.39, 0.29) is 29.2 Å². The monoisotopic (exact) mass is 455 g/mol. The molecule has 0 radical (unpaired) electrons. The lowest BCUT2D eigenvalue weighted by Gasteiger charge is -2.35. The van der Waals surface area contributed by atoms with Crippen molar-refractivity contribution in [1.82, 2.24) is 0 Å². The topological polar surface area (TPSA) is 76.1 Å². The lowest BCUT2D eigenvalue weighted by molar-refractivity contribution is -0.253. The summed E-state index contributed by atoms with van der Waals surface area (Å²) >= 11 is 0. The minimum absolute atomic E-state index is 0.0470. The fourth-order valence-electron chi connectivity index (χ4n) is 3.69. The lowest BCUT2D eigenvalue weighted by atomic mass is 9.85. The van der Waals surface area contributed by atoms with E-state index in [1.165, 1.54) is 38.3 Å². The summed E-state index contributed by atoms with van der Waals surface area (Å²) in [4.78, 5) is 25.2. The van der Waals surface area contributed by atoms with Crippen LogP contribution >= 0.6 is 0 Å². The third kappa shape index (κ3) is 4.14. The number of likely N-dealkylation sites (N-methyl/N-ethyl adjacent to an activating group) is 1. The number of carbonyl (C=O) groups is 2. The van der Waals surface area contributed by atoms with Gasteiger partial charge in [0.2, 0.25) is 5.60 Å². The van der Waals surface area contributed by atoms with E-state index < -0.39 is 41.8 Å². The molecule has 172 valence electrons. The molecule has 0 saturated carbocycles. The molecule has 0 aromatic heterocycles. The number of esters is 1. The number of nitrogens with zero attached hydrogens (tertiary/aromatic N) is 1. The molecule has 32 heavy (non-hydrogen) atoms. The Hall–Kier alpha value is -3.14. The number of halogens is 4. The summed E-state index contributed by atoms with van der Waals surface area (Å²) in [6.45, 7) is 1.27. The molecule has 6 nitrogen and oxygen atoms in total. The second kappa shape index (κ2) is 8.42. The van der Waals surface area contributed by atoms with Crippen molar-refractivity contribution in [3.05, 3.63) is 58.9 Å². The first-order valence-corrected chi connectivity index (χ1v) is 9.59. The summed E-state index contributed by atoms with van der Waals surface area (Å²) in [5.74, 6) is -3.83. The number of amides is 1. The van der Waals surface area contributed by atoms with Crippen molar-refractivity contribution in [2.24, 2.45) is 0 Å². The van der Waals surface area contributed by atoms with Crippen molar-refractivity contribution in [2.45, 2.75) is 37.6 Å². The zero-order valence-corrected chi connectivity index (χ0v) is 17.5. The maximum atomic E-state index is 14.0. The molecule has 10 heteroatoms. The first kappa shape index (κ1) is 23.5. The van der Waals surface area contributed by atoms with Crippen molar-refractivity contribution in [1.29, 1.82) is 0 Å². The van der Waals surface area contributed by atoms with E-state index in [0.717, 1.165) is 19.2 Å². The highest BCUT2D eigenvalue weighted by molar-refractivity contribution is 6.00. The largest absolute Gasteiger partial charge is 0.496 e. The van der Waals surface area contributed by atoms with Crippen molar-refractivity contribution in [3.8, 4) is 5.75 Å². The fraction of sp³-hybridized carbons (Fsp3) is 0.364. The van der Waals surface area contributed by atoms with E-state index in [4.69, 9.17) is 9.47 Å². The molecular formula is C22H21F4NO5. The Morgan fingerprint density at radius 1 is 1.25 bits per heavy atom. The molecule has 3 rings (SSSR count). The smallest absolute Gasteiger partial charge is 0.426 e. The SMILES string of the molecule is COc1ccc(F)cc1C(C)CC(O)(C(=O)N(C)c1ccc2c(c1)COC2=O)C(F)(F)F. The maximum absolute atomic E-state index is 14.0. The van der Waals surface area contributed by atoms with Gasteiger partial charge in [0.1, 0.15) is 18.2 Å². The van der Waals surface area contributed by atoms with Gasteiger partial charge in [-0.15, -0.1) is 0 Å². The van der Waals surface area contributed by atoms with Crippen LogP contribution in [0.15, 0.2) is 36.4 Å². The van der Waals surface area contributed by atoms with Crippen molar-refractivity contribution < 1.29 is 41.7 Å². The van der Waals surface area contributed by atoms with Crippen molar-refractivity contribution >= 4 is 17.6 Å². The molecule has 0 bridgehead atoms. The predicted octanol–water partition coefficient (Wildman–Crippen LogP) is 3.95. The molecular weight excluding hydrogens is 434 g/mol. The van der Waals surface area contributed by atoms with Gasteiger partial charge in [-0.2, -0.15) is 13.2 Å². The number of hydrogen-bond donors (Lipinski definition) is 1. The number of aliphatic hydroxyl groups is 1. The van der Waals surface area contributed by atoms with Crippen LogP contribution in [0.5, 0.6) is 5.75 Å². The first-order chi connectivity index (χ1) is 14.9. The van der Waals surface area contributed by atoms with Gasteiger partial charge in [-0.05, 0) is 47.9 Å². The molecule has 1 amide bonds. The maximum Gasteiger partial charge on any atom is 0.426 e. The number of benzene rings is 2. The highest BCUT2D eigenvalue weighted by Gasteiger charge is 2.61. The summed E-state index contributed by atoms with van der Waals surface area (Å²) in [5.41, 5.74) is -2.96. The van der Waals surface area contributed by atoms with E-state index in [0.29, 0.717) is 10.5 Å². The number of alkyl halides is 3. The highest BCUT2D eigenvalue weighted by atomic mass is 19.4. The number of fused-ring (bicyclic) bond motifs is 1. The molecule has 1 aliphatic rings. The van der Waals surface area contributed by atoms with Crippen LogP contribution in [0.25, 0.3) is 0 Å². The van der Waals surface area contributed by atoms with Crippen LogP contribution in [0.1, 0.15) is 40.7 Å². The molecule has 1 N–H and O–H groups in total. The predicted molar refractivity (Wildman–Crippen MR) is 106 cm³/mol. The zero-order valence-electron chi connectivity index (χ0n) is 17.5. The average molecular weight is 455 g/mol.